The molecule has 2 N–H and O–H groups in total. The lowest BCUT2D eigenvalue weighted by atomic mass is 10.3. The van der Waals surface area contributed by atoms with Crippen LogP contribution < -0.4 is 5.32 Å². The second kappa shape index (κ2) is 4.67. The zero-order valence-electron chi connectivity index (χ0n) is 8.00. The van der Waals surface area contributed by atoms with E-state index in [1.807, 2.05) is 12.1 Å². The van der Waals surface area contributed by atoms with Crippen molar-refractivity contribution in [2.45, 2.75) is 0 Å². The molecule has 2 aromatic rings. The van der Waals surface area contributed by atoms with Crippen LogP contribution in [0, 0.1) is 0 Å². The van der Waals surface area contributed by atoms with Gasteiger partial charge in [-0.1, -0.05) is 27.5 Å². The van der Waals surface area contributed by atoms with Crippen molar-refractivity contribution >= 4 is 39.1 Å². The normalized spacial score (nSPS) is 10.1. The molecule has 0 saturated heterocycles. The zero-order chi connectivity index (χ0) is 11.5. The first-order chi connectivity index (χ1) is 7.66. The average molecular weight is 301 g/mol. The fourth-order valence-corrected chi connectivity index (χ4v) is 1.60. The van der Waals surface area contributed by atoms with Gasteiger partial charge >= 0.3 is 0 Å². The van der Waals surface area contributed by atoms with Crippen LogP contribution in [0.5, 0.6) is 0 Å². The first kappa shape index (κ1) is 11.2. The minimum atomic E-state index is -0.315. The van der Waals surface area contributed by atoms with E-state index in [0.717, 1.165) is 4.47 Å². The number of hydrogen-bond acceptors (Lipinski definition) is 2. The second-order valence-electron chi connectivity index (χ2n) is 3.05. The molecule has 0 atom stereocenters. The van der Waals surface area contributed by atoms with E-state index >= 15 is 0 Å². The van der Waals surface area contributed by atoms with Crippen molar-refractivity contribution in [1.29, 1.82) is 0 Å². The summed E-state index contributed by atoms with van der Waals surface area (Å²) in [7, 11) is 0. The van der Waals surface area contributed by atoms with Gasteiger partial charge in [-0.15, -0.1) is 0 Å². The van der Waals surface area contributed by atoms with Gasteiger partial charge in [0.2, 0.25) is 0 Å². The summed E-state index contributed by atoms with van der Waals surface area (Å²) >= 11 is 9.08. The molecule has 0 spiro atoms. The average Bonchev–Trinajstić information content (AvgIpc) is 2.68. The Morgan fingerprint density at radius 3 is 2.62 bits per heavy atom. The van der Waals surface area contributed by atoms with Gasteiger partial charge in [0, 0.05) is 10.2 Å². The molecular weight excluding hydrogens is 293 g/mol. The van der Waals surface area contributed by atoms with E-state index < -0.39 is 0 Å². The number of hydrogen-bond donors (Lipinski definition) is 2. The first-order valence-corrected chi connectivity index (χ1v) is 5.59. The molecular formula is C10H7BrClN3O. The third-order valence-electron chi connectivity index (χ3n) is 1.92. The molecule has 0 fully saturated rings. The number of anilines is 1. The summed E-state index contributed by atoms with van der Waals surface area (Å²) in [6.07, 6.45) is 1.39. The maximum atomic E-state index is 11.7. The van der Waals surface area contributed by atoms with E-state index in [9.17, 15) is 4.79 Å². The topological polar surface area (TPSA) is 57.8 Å². The molecule has 4 nitrogen and oxygen atoms in total. The molecule has 1 heterocycles. The zero-order valence-corrected chi connectivity index (χ0v) is 10.3. The SMILES string of the molecule is O=C(Nc1ccc(Br)cc1)c1[nH]ncc1Cl. The molecule has 1 aromatic carbocycles. The second-order valence-corrected chi connectivity index (χ2v) is 4.38. The van der Waals surface area contributed by atoms with E-state index in [4.69, 9.17) is 11.6 Å². The smallest absolute Gasteiger partial charge is 0.275 e. The van der Waals surface area contributed by atoms with Crippen molar-refractivity contribution in [3.63, 3.8) is 0 Å². The van der Waals surface area contributed by atoms with Crippen molar-refractivity contribution < 1.29 is 4.79 Å². The molecule has 0 aliphatic carbocycles. The summed E-state index contributed by atoms with van der Waals surface area (Å²) in [5, 5.41) is 9.20. The van der Waals surface area contributed by atoms with Crippen molar-refractivity contribution in [3.05, 3.63) is 45.7 Å². The number of amides is 1. The highest BCUT2D eigenvalue weighted by atomic mass is 79.9. The lowest BCUT2D eigenvalue weighted by Crippen LogP contribution is -2.12. The van der Waals surface area contributed by atoms with E-state index in [1.54, 1.807) is 12.1 Å². The number of nitrogens with one attached hydrogen (secondary N) is 2. The molecule has 0 unspecified atom stereocenters. The maximum absolute atomic E-state index is 11.7. The van der Waals surface area contributed by atoms with Crippen molar-refractivity contribution in [3.8, 4) is 0 Å². The summed E-state index contributed by atoms with van der Waals surface area (Å²) in [5.41, 5.74) is 0.948. The van der Waals surface area contributed by atoms with Crippen LogP contribution in [-0.2, 0) is 0 Å². The first-order valence-electron chi connectivity index (χ1n) is 4.42. The van der Waals surface area contributed by atoms with Gasteiger partial charge in [-0.2, -0.15) is 5.10 Å². The van der Waals surface area contributed by atoms with Gasteiger partial charge < -0.3 is 5.32 Å². The third-order valence-corrected chi connectivity index (χ3v) is 2.74. The molecule has 0 aliphatic rings. The Hall–Kier alpha value is -1.33. The quantitative estimate of drug-likeness (QED) is 0.895. The van der Waals surface area contributed by atoms with Gasteiger partial charge in [0.15, 0.2) is 0 Å². The monoisotopic (exact) mass is 299 g/mol. The fraction of sp³-hybridized carbons (Fsp3) is 0. The minimum absolute atomic E-state index is 0.254. The number of benzene rings is 1. The Morgan fingerprint density at radius 1 is 1.38 bits per heavy atom. The number of aromatic amines is 1. The fourth-order valence-electron chi connectivity index (χ4n) is 1.16. The summed E-state index contributed by atoms with van der Waals surface area (Å²) in [4.78, 5) is 11.7. The Bertz CT molecular complexity index is 509. The van der Waals surface area contributed by atoms with E-state index in [0.29, 0.717) is 10.7 Å². The van der Waals surface area contributed by atoms with Gasteiger partial charge in [-0.25, -0.2) is 0 Å². The summed E-state index contributed by atoms with van der Waals surface area (Å²) in [6.45, 7) is 0. The molecule has 16 heavy (non-hydrogen) atoms. The molecule has 0 radical (unpaired) electrons. The van der Waals surface area contributed by atoms with Crippen LogP contribution in [0.15, 0.2) is 34.9 Å². The van der Waals surface area contributed by atoms with Crippen LogP contribution in [0.25, 0.3) is 0 Å². The van der Waals surface area contributed by atoms with Crippen LogP contribution in [-0.4, -0.2) is 16.1 Å². The highest BCUT2D eigenvalue weighted by molar-refractivity contribution is 9.10. The minimum Gasteiger partial charge on any atom is -0.321 e. The Morgan fingerprint density at radius 2 is 2.06 bits per heavy atom. The molecule has 6 heteroatoms. The molecule has 82 valence electrons. The van der Waals surface area contributed by atoms with Crippen molar-refractivity contribution in [1.82, 2.24) is 10.2 Å². The number of H-pyrrole nitrogens is 1. The predicted molar refractivity (Wildman–Crippen MR) is 65.7 cm³/mol. The lowest BCUT2D eigenvalue weighted by molar-refractivity contribution is 0.102. The highest BCUT2D eigenvalue weighted by Gasteiger charge is 2.12. The van der Waals surface area contributed by atoms with E-state index in [2.05, 4.69) is 31.4 Å². The molecule has 1 aromatic heterocycles. The summed E-state index contributed by atoms with van der Waals surface area (Å²) < 4.78 is 0.949. The van der Waals surface area contributed by atoms with Gasteiger partial charge in [0.1, 0.15) is 5.69 Å². The number of carbonyl (C=O) groups excluding carboxylic acids is 1. The number of carbonyl (C=O) groups is 1. The Balaban J connectivity index is 2.14. The van der Waals surface area contributed by atoms with E-state index in [-0.39, 0.29) is 11.6 Å². The third kappa shape index (κ3) is 2.43. The van der Waals surface area contributed by atoms with Crippen LogP contribution in [0.1, 0.15) is 10.5 Å². The molecule has 2 rings (SSSR count). The van der Waals surface area contributed by atoms with Crippen molar-refractivity contribution in [2.24, 2.45) is 0 Å². The number of aromatic nitrogens is 2. The number of rotatable bonds is 2. The Labute approximate surface area is 105 Å². The Kier molecular flexibility index (Phi) is 3.26. The van der Waals surface area contributed by atoms with Crippen LogP contribution in [0.3, 0.4) is 0 Å². The number of halogens is 2. The van der Waals surface area contributed by atoms with Crippen LogP contribution in [0.2, 0.25) is 5.02 Å². The van der Waals surface area contributed by atoms with Gasteiger partial charge in [-0.3, -0.25) is 9.89 Å². The molecule has 0 bridgehead atoms. The number of nitrogens with zero attached hydrogens (tertiary/aromatic N) is 1. The van der Waals surface area contributed by atoms with Gasteiger partial charge in [-0.05, 0) is 24.3 Å². The van der Waals surface area contributed by atoms with Gasteiger partial charge in [0.05, 0.1) is 11.2 Å². The largest absolute Gasteiger partial charge is 0.321 e. The maximum Gasteiger partial charge on any atom is 0.275 e. The van der Waals surface area contributed by atoms with Crippen LogP contribution >= 0.6 is 27.5 Å². The van der Waals surface area contributed by atoms with Crippen molar-refractivity contribution in [2.75, 3.05) is 5.32 Å². The highest BCUT2D eigenvalue weighted by Crippen LogP contribution is 2.17. The summed E-state index contributed by atoms with van der Waals surface area (Å²) in [5.74, 6) is -0.315. The molecule has 0 saturated carbocycles. The van der Waals surface area contributed by atoms with E-state index in [1.165, 1.54) is 6.20 Å². The molecule has 0 aliphatic heterocycles. The molecule has 1 amide bonds. The summed E-state index contributed by atoms with van der Waals surface area (Å²) in [6, 6.07) is 7.24. The predicted octanol–water partition coefficient (Wildman–Crippen LogP) is 3.08. The van der Waals surface area contributed by atoms with Gasteiger partial charge in [0.25, 0.3) is 5.91 Å². The van der Waals surface area contributed by atoms with Crippen LogP contribution in [0.4, 0.5) is 5.69 Å². The lowest BCUT2D eigenvalue weighted by Gasteiger charge is -2.03. The standard InChI is InChI=1S/C10H7BrClN3O/c11-6-1-3-7(4-2-6)14-10(16)9-8(12)5-13-15-9/h1-5H,(H,13,15)(H,14,16).